The number of hydrogen-bond donors (Lipinski definition) is 1. The van der Waals surface area contributed by atoms with Crippen LogP contribution in [0.15, 0.2) is 66.1 Å². The third-order valence-electron chi connectivity index (χ3n) is 5.22. The quantitative estimate of drug-likeness (QED) is 0.607. The number of nitrogens with zero attached hydrogens (tertiary/aromatic N) is 1. The van der Waals surface area contributed by atoms with E-state index in [1.54, 1.807) is 11.6 Å². The van der Waals surface area contributed by atoms with Crippen molar-refractivity contribution in [3.8, 4) is 11.1 Å². The molecule has 0 saturated heterocycles. The second-order valence-corrected chi connectivity index (χ2v) is 7.69. The van der Waals surface area contributed by atoms with Gasteiger partial charge in [-0.05, 0) is 59.7 Å². The van der Waals surface area contributed by atoms with Crippen LogP contribution < -0.4 is 10.9 Å². The van der Waals surface area contributed by atoms with Crippen molar-refractivity contribution in [2.45, 2.75) is 33.6 Å². The lowest BCUT2D eigenvalue weighted by molar-refractivity contribution is 0.850. The van der Waals surface area contributed by atoms with Gasteiger partial charge in [0.15, 0.2) is 0 Å². The minimum atomic E-state index is 0.0360. The zero-order valence-corrected chi connectivity index (χ0v) is 17.3. The average Bonchev–Trinajstić information content (AvgIpc) is 2.67. The minimum absolute atomic E-state index is 0.0360. The predicted molar refractivity (Wildman–Crippen MR) is 120 cm³/mol. The SMILES string of the molecule is C=C(Nc1cccc(-c2cc(C)c(=O)n(C)c2)c1C)c1ccc(C(C)C)cc1. The molecule has 0 bridgehead atoms. The van der Waals surface area contributed by atoms with Gasteiger partial charge in [-0.2, -0.15) is 0 Å². The minimum Gasteiger partial charge on any atom is -0.355 e. The molecule has 0 unspecified atom stereocenters. The molecule has 1 aromatic heterocycles. The van der Waals surface area contributed by atoms with Gasteiger partial charge in [0.05, 0.1) is 0 Å². The van der Waals surface area contributed by atoms with E-state index in [1.165, 1.54) is 5.56 Å². The lowest BCUT2D eigenvalue weighted by atomic mass is 9.98. The highest BCUT2D eigenvalue weighted by molar-refractivity contribution is 5.81. The van der Waals surface area contributed by atoms with E-state index >= 15 is 0 Å². The smallest absolute Gasteiger partial charge is 0.253 e. The maximum absolute atomic E-state index is 12.0. The zero-order chi connectivity index (χ0) is 20.4. The molecule has 0 aliphatic rings. The van der Waals surface area contributed by atoms with Crippen LogP contribution in [-0.4, -0.2) is 4.57 Å². The summed E-state index contributed by atoms with van der Waals surface area (Å²) in [7, 11) is 1.79. The first-order valence-electron chi connectivity index (χ1n) is 9.61. The van der Waals surface area contributed by atoms with Crippen LogP contribution in [0.2, 0.25) is 0 Å². The van der Waals surface area contributed by atoms with Crippen LogP contribution in [0, 0.1) is 13.8 Å². The molecule has 0 atom stereocenters. The van der Waals surface area contributed by atoms with E-state index in [0.29, 0.717) is 5.92 Å². The third kappa shape index (κ3) is 3.94. The Balaban J connectivity index is 1.91. The fourth-order valence-corrected chi connectivity index (χ4v) is 3.41. The summed E-state index contributed by atoms with van der Waals surface area (Å²) in [6.45, 7) is 12.6. The maximum Gasteiger partial charge on any atom is 0.253 e. The first kappa shape index (κ1) is 19.7. The first-order valence-corrected chi connectivity index (χ1v) is 9.61. The van der Waals surface area contributed by atoms with E-state index in [1.807, 2.05) is 25.3 Å². The molecule has 28 heavy (non-hydrogen) atoms. The highest BCUT2D eigenvalue weighted by Crippen LogP contribution is 2.30. The lowest BCUT2D eigenvalue weighted by Crippen LogP contribution is -2.18. The zero-order valence-electron chi connectivity index (χ0n) is 17.3. The summed E-state index contributed by atoms with van der Waals surface area (Å²) < 4.78 is 1.64. The molecule has 0 aliphatic carbocycles. The van der Waals surface area contributed by atoms with Crippen molar-refractivity contribution in [3.63, 3.8) is 0 Å². The number of rotatable bonds is 5. The van der Waals surface area contributed by atoms with Crippen molar-refractivity contribution < 1.29 is 0 Å². The standard InChI is InChI=1S/C25H28N2O/c1-16(2)20-10-12-21(13-11-20)19(5)26-24-9-7-8-23(18(24)4)22-14-17(3)25(28)27(6)15-22/h7-16,26H,5H2,1-4,6H3. The van der Waals surface area contributed by atoms with E-state index in [-0.39, 0.29) is 5.56 Å². The Bertz CT molecular complexity index is 1050. The van der Waals surface area contributed by atoms with Crippen LogP contribution in [0.1, 0.15) is 42.0 Å². The van der Waals surface area contributed by atoms with Crippen molar-refractivity contribution in [2.75, 3.05) is 5.32 Å². The van der Waals surface area contributed by atoms with E-state index in [2.05, 4.69) is 69.1 Å². The van der Waals surface area contributed by atoms with Crippen LogP contribution in [0.4, 0.5) is 5.69 Å². The topological polar surface area (TPSA) is 34.0 Å². The molecule has 3 rings (SSSR count). The monoisotopic (exact) mass is 372 g/mol. The van der Waals surface area contributed by atoms with Gasteiger partial charge in [-0.3, -0.25) is 4.79 Å². The van der Waals surface area contributed by atoms with Crippen molar-refractivity contribution in [1.82, 2.24) is 4.57 Å². The Hall–Kier alpha value is -3.07. The Morgan fingerprint density at radius 1 is 1.07 bits per heavy atom. The fraction of sp³-hybridized carbons (Fsp3) is 0.240. The first-order chi connectivity index (χ1) is 13.3. The molecule has 0 radical (unpaired) electrons. The van der Waals surface area contributed by atoms with E-state index in [4.69, 9.17) is 0 Å². The number of nitrogens with one attached hydrogen (secondary N) is 1. The maximum atomic E-state index is 12.0. The van der Waals surface area contributed by atoms with Crippen molar-refractivity contribution in [3.05, 3.63) is 93.9 Å². The molecule has 2 aromatic carbocycles. The summed E-state index contributed by atoms with van der Waals surface area (Å²) in [5.74, 6) is 0.513. The Labute approximate surface area is 167 Å². The van der Waals surface area contributed by atoms with Gasteiger partial charge in [-0.1, -0.05) is 56.8 Å². The molecule has 0 fully saturated rings. The summed E-state index contributed by atoms with van der Waals surface area (Å²) in [6.07, 6.45) is 1.89. The largest absolute Gasteiger partial charge is 0.355 e. The molecule has 1 N–H and O–H groups in total. The number of pyridine rings is 1. The van der Waals surface area contributed by atoms with Gasteiger partial charge in [0, 0.05) is 30.2 Å². The number of anilines is 1. The Kier molecular flexibility index (Phi) is 5.55. The molecule has 0 amide bonds. The van der Waals surface area contributed by atoms with Crippen LogP contribution >= 0.6 is 0 Å². The molecule has 0 saturated carbocycles. The normalized spacial score (nSPS) is 10.9. The van der Waals surface area contributed by atoms with Crippen LogP contribution in [0.25, 0.3) is 16.8 Å². The molecule has 3 heteroatoms. The number of aromatic nitrogens is 1. The molecule has 3 nitrogen and oxygen atoms in total. The molecular formula is C25H28N2O. The van der Waals surface area contributed by atoms with Gasteiger partial charge < -0.3 is 9.88 Å². The summed E-state index contributed by atoms with van der Waals surface area (Å²) >= 11 is 0. The molecule has 1 heterocycles. The van der Waals surface area contributed by atoms with E-state index < -0.39 is 0 Å². The van der Waals surface area contributed by atoms with Gasteiger partial charge >= 0.3 is 0 Å². The summed E-state index contributed by atoms with van der Waals surface area (Å²) in [5, 5.41) is 3.46. The van der Waals surface area contributed by atoms with Gasteiger partial charge in [0.25, 0.3) is 5.56 Å². The van der Waals surface area contributed by atoms with Gasteiger partial charge in [0.2, 0.25) is 0 Å². The molecule has 144 valence electrons. The summed E-state index contributed by atoms with van der Waals surface area (Å²) in [6, 6.07) is 16.7. The van der Waals surface area contributed by atoms with Crippen LogP contribution in [0.5, 0.6) is 0 Å². The Morgan fingerprint density at radius 3 is 2.36 bits per heavy atom. The second kappa shape index (κ2) is 7.89. The van der Waals surface area contributed by atoms with Crippen molar-refractivity contribution in [1.29, 1.82) is 0 Å². The van der Waals surface area contributed by atoms with E-state index in [0.717, 1.165) is 39.2 Å². The summed E-state index contributed by atoms with van der Waals surface area (Å²) in [5.41, 5.74) is 8.32. The van der Waals surface area contributed by atoms with Crippen LogP contribution in [-0.2, 0) is 7.05 Å². The average molecular weight is 373 g/mol. The van der Waals surface area contributed by atoms with Crippen molar-refractivity contribution >= 4 is 11.4 Å². The predicted octanol–water partition coefficient (Wildman–Crippen LogP) is 5.88. The van der Waals surface area contributed by atoms with Gasteiger partial charge in [-0.25, -0.2) is 0 Å². The lowest BCUT2D eigenvalue weighted by Gasteiger charge is -2.16. The number of hydrogen-bond acceptors (Lipinski definition) is 2. The van der Waals surface area contributed by atoms with Gasteiger partial charge in [0.1, 0.15) is 0 Å². The van der Waals surface area contributed by atoms with Crippen LogP contribution in [0.3, 0.4) is 0 Å². The Morgan fingerprint density at radius 2 is 1.75 bits per heavy atom. The fourth-order valence-electron chi connectivity index (χ4n) is 3.41. The molecular weight excluding hydrogens is 344 g/mol. The number of aryl methyl sites for hydroxylation is 2. The highest BCUT2D eigenvalue weighted by Gasteiger charge is 2.10. The van der Waals surface area contributed by atoms with Gasteiger partial charge in [-0.15, -0.1) is 0 Å². The highest BCUT2D eigenvalue weighted by atomic mass is 16.1. The molecule has 3 aromatic rings. The third-order valence-corrected chi connectivity index (χ3v) is 5.22. The summed E-state index contributed by atoms with van der Waals surface area (Å²) in [4.78, 5) is 12.0. The van der Waals surface area contributed by atoms with E-state index in [9.17, 15) is 4.79 Å². The molecule has 0 aliphatic heterocycles. The second-order valence-electron chi connectivity index (χ2n) is 7.69. The molecule has 0 spiro atoms. The number of benzene rings is 2. The van der Waals surface area contributed by atoms with Crippen molar-refractivity contribution in [2.24, 2.45) is 7.05 Å².